The molecule has 2 aliphatic rings. The van der Waals surface area contributed by atoms with Crippen LogP contribution in [0.15, 0.2) is 71.1 Å². The summed E-state index contributed by atoms with van der Waals surface area (Å²) < 4.78 is 11.5. The van der Waals surface area contributed by atoms with Crippen molar-refractivity contribution < 1.29 is 28.6 Å². The number of alkyl halides is 1. The van der Waals surface area contributed by atoms with Gasteiger partial charge in [0, 0.05) is 59.0 Å². The van der Waals surface area contributed by atoms with Crippen LogP contribution in [-0.2, 0) is 11.2 Å². The summed E-state index contributed by atoms with van der Waals surface area (Å²) in [4.78, 5) is 50.7. The standard InChI is InChI=1S/C37H32ClN5O6/c1-37(2,3)49-36(47)42-13-12-21-24-15-27(40-25(24)10-11-28(21)42)33(45)39-20-8-9-26-31(14-20)48-34(41-26)35(46)43-18-19(17-38)32-23-7-5-4-6-22(23)30(44)16-29(32)43/h4-11,14-16,19,40,44H,12-13,17-18H2,1-3H3,(H,39,45)/t19-/m1/s1. The number of nitrogens with zero attached hydrogens (tertiary/aromatic N) is 3. The number of aromatic hydroxyl groups is 1. The monoisotopic (exact) mass is 677 g/mol. The first-order valence-corrected chi connectivity index (χ1v) is 16.5. The van der Waals surface area contributed by atoms with Crippen LogP contribution in [-0.4, -0.2) is 57.6 Å². The number of phenolic OH excluding ortho intramolecular Hbond substituents is 1. The van der Waals surface area contributed by atoms with Crippen LogP contribution < -0.4 is 15.1 Å². The lowest BCUT2D eigenvalue weighted by Crippen LogP contribution is -2.35. The van der Waals surface area contributed by atoms with Gasteiger partial charge in [-0.1, -0.05) is 24.3 Å². The molecule has 12 heteroatoms. The third kappa shape index (κ3) is 5.21. The molecule has 4 aromatic carbocycles. The van der Waals surface area contributed by atoms with E-state index >= 15 is 0 Å². The molecule has 6 aromatic rings. The smallest absolute Gasteiger partial charge is 0.414 e. The van der Waals surface area contributed by atoms with Gasteiger partial charge in [0.05, 0.1) is 11.4 Å². The Morgan fingerprint density at radius 3 is 2.59 bits per heavy atom. The first-order chi connectivity index (χ1) is 23.5. The number of fused-ring (bicyclic) bond motifs is 7. The number of rotatable bonds is 4. The number of aromatic nitrogens is 2. The topological polar surface area (TPSA) is 141 Å². The SMILES string of the molecule is CC(C)(C)OC(=O)N1CCc2c1ccc1[nH]c(C(=O)Nc3ccc4nc(C(=O)N5C[C@@H](CCl)c6c5cc(O)c5ccccc65)oc4c3)cc21. The molecular formula is C37H32ClN5O6. The highest BCUT2D eigenvalue weighted by Gasteiger charge is 2.37. The van der Waals surface area contributed by atoms with E-state index in [9.17, 15) is 19.5 Å². The zero-order valence-electron chi connectivity index (χ0n) is 27.0. The maximum absolute atomic E-state index is 13.8. The van der Waals surface area contributed by atoms with Crippen molar-refractivity contribution in [2.24, 2.45) is 0 Å². The normalized spacial score (nSPS) is 15.6. The molecule has 0 aliphatic carbocycles. The first-order valence-electron chi connectivity index (χ1n) is 16.0. The van der Waals surface area contributed by atoms with E-state index < -0.39 is 17.6 Å². The molecule has 0 bridgehead atoms. The van der Waals surface area contributed by atoms with Crippen molar-refractivity contribution in [3.05, 3.63) is 89.4 Å². The van der Waals surface area contributed by atoms with E-state index in [1.807, 2.05) is 57.2 Å². The lowest BCUT2D eigenvalue weighted by atomic mass is 9.95. The van der Waals surface area contributed by atoms with E-state index in [1.165, 1.54) is 0 Å². The first kappa shape index (κ1) is 30.8. The number of oxazole rings is 1. The quantitative estimate of drug-likeness (QED) is 0.162. The Balaban J connectivity index is 1.03. The molecule has 248 valence electrons. The number of H-pyrrole nitrogens is 1. The molecule has 0 saturated heterocycles. The van der Waals surface area contributed by atoms with Crippen molar-refractivity contribution in [1.82, 2.24) is 9.97 Å². The van der Waals surface area contributed by atoms with Gasteiger partial charge >= 0.3 is 12.0 Å². The predicted octanol–water partition coefficient (Wildman–Crippen LogP) is 7.70. The highest BCUT2D eigenvalue weighted by atomic mass is 35.5. The predicted molar refractivity (Wildman–Crippen MR) is 188 cm³/mol. The zero-order valence-corrected chi connectivity index (χ0v) is 27.7. The van der Waals surface area contributed by atoms with Gasteiger partial charge in [0.25, 0.3) is 11.8 Å². The number of phenols is 1. The summed E-state index contributed by atoms with van der Waals surface area (Å²) in [6.45, 7) is 6.31. The van der Waals surface area contributed by atoms with Crippen molar-refractivity contribution in [3.8, 4) is 5.75 Å². The number of halogens is 1. The third-order valence-corrected chi connectivity index (χ3v) is 9.40. The number of nitrogens with one attached hydrogen (secondary N) is 2. The molecular weight excluding hydrogens is 646 g/mol. The van der Waals surface area contributed by atoms with Gasteiger partial charge in [-0.15, -0.1) is 11.6 Å². The Morgan fingerprint density at radius 2 is 1.82 bits per heavy atom. The molecule has 8 rings (SSSR count). The summed E-state index contributed by atoms with van der Waals surface area (Å²) in [6.07, 6.45) is 0.242. The number of carbonyl (C=O) groups excluding carboxylic acids is 3. The summed E-state index contributed by atoms with van der Waals surface area (Å²) in [5, 5.41) is 16.0. The number of ether oxygens (including phenoxy) is 1. The summed E-state index contributed by atoms with van der Waals surface area (Å²) >= 11 is 6.35. The highest BCUT2D eigenvalue weighted by molar-refractivity contribution is 6.19. The Kier molecular flexibility index (Phi) is 7.07. The molecule has 0 fully saturated rings. The van der Waals surface area contributed by atoms with Gasteiger partial charge in [-0.2, -0.15) is 0 Å². The maximum atomic E-state index is 13.8. The number of amides is 3. The second-order valence-corrected chi connectivity index (χ2v) is 13.7. The maximum Gasteiger partial charge on any atom is 0.414 e. The minimum Gasteiger partial charge on any atom is -0.507 e. The van der Waals surface area contributed by atoms with Gasteiger partial charge < -0.3 is 29.5 Å². The molecule has 0 saturated carbocycles. The van der Waals surface area contributed by atoms with E-state index in [2.05, 4.69) is 15.3 Å². The second kappa shape index (κ2) is 11.3. The molecule has 0 spiro atoms. The van der Waals surface area contributed by atoms with Crippen molar-refractivity contribution in [2.45, 2.75) is 38.7 Å². The molecule has 3 amide bonds. The average Bonchev–Trinajstić information content (AvgIpc) is 3.86. The minimum absolute atomic E-state index is 0.0717. The van der Waals surface area contributed by atoms with Gasteiger partial charge in [-0.3, -0.25) is 14.5 Å². The number of anilines is 3. The summed E-state index contributed by atoms with van der Waals surface area (Å²) in [6, 6.07) is 19.6. The van der Waals surface area contributed by atoms with Crippen LogP contribution in [0.2, 0.25) is 0 Å². The Bertz CT molecular complexity index is 2360. The largest absolute Gasteiger partial charge is 0.507 e. The van der Waals surface area contributed by atoms with Crippen LogP contribution in [0, 0.1) is 0 Å². The van der Waals surface area contributed by atoms with Gasteiger partial charge in [-0.25, -0.2) is 9.78 Å². The van der Waals surface area contributed by atoms with Gasteiger partial charge in [0.15, 0.2) is 5.58 Å². The molecule has 11 nitrogen and oxygen atoms in total. The van der Waals surface area contributed by atoms with Crippen LogP contribution >= 0.6 is 11.6 Å². The summed E-state index contributed by atoms with van der Waals surface area (Å²) in [5.74, 6) is -0.700. The fraction of sp³-hybridized carbons (Fsp3) is 0.243. The third-order valence-electron chi connectivity index (χ3n) is 9.03. The number of hydrogen-bond acceptors (Lipinski definition) is 7. The van der Waals surface area contributed by atoms with Crippen LogP contribution in [0.1, 0.15) is 59.0 Å². The van der Waals surface area contributed by atoms with Gasteiger partial charge in [0.1, 0.15) is 22.6 Å². The molecule has 1 atom stereocenters. The number of hydrogen-bond donors (Lipinski definition) is 3. The van der Waals surface area contributed by atoms with E-state index in [0.717, 1.165) is 33.1 Å². The van der Waals surface area contributed by atoms with Crippen LogP contribution in [0.4, 0.5) is 21.9 Å². The van der Waals surface area contributed by atoms with Crippen LogP contribution in [0.25, 0.3) is 32.8 Å². The average molecular weight is 678 g/mol. The van der Waals surface area contributed by atoms with Gasteiger partial charge in [-0.05, 0) is 74.0 Å². The minimum atomic E-state index is -0.607. The van der Waals surface area contributed by atoms with Gasteiger partial charge in [0.2, 0.25) is 0 Å². The zero-order chi connectivity index (χ0) is 34.2. The fourth-order valence-corrected chi connectivity index (χ4v) is 7.15. The molecule has 2 aromatic heterocycles. The second-order valence-electron chi connectivity index (χ2n) is 13.4. The highest BCUT2D eigenvalue weighted by Crippen LogP contribution is 2.45. The number of aromatic amines is 1. The number of carbonyl (C=O) groups is 3. The number of benzene rings is 4. The lowest BCUT2D eigenvalue weighted by molar-refractivity contribution is 0.0583. The van der Waals surface area contributed by atoms with Crippen molar-refractivity contribution in [1.29, 1.82) is 0 Å². The van der Waals surface area contributed by atoms with Crippen molar-refractivity contribution >= 4 is 79.3 Å². The van der Waals surface area contributed by atoms with Crippen molar-refractivity contribution in [2.75, 3.05) is 34.1 Å². The molecule has 0 radical (unpaired) electrons. The Hall–Kier alpha value is -5.55. The molecule has 2 aliphatic heterocycles. The van der Waals surface area contributed by atoms with Crippen molar-refractivity contribution in [3.63, 3.8) is 0 Å². The van der Waals surface area contributed by atoms with E-state index in [1.54, 1.807) is 40.1 Å². The molecule has 49 heavy (non-hydrogen) atoms. The Labute approximate surface area is 285 Å². The molecule has 3 N–H and O–H groups in total. The van der Waals surface area contributed by atoms with Crippen LogP contribution in [0.5, 0.6) is 5.75 Å². The summed E-state index contributed by atoms with van der Waals surface area (Å²) in [7, 11) is 0. The lowest BCUT2D eigenvalue weighted by Gasteiger charge is -2.24. The van der Waals surface area contributed by atoms with E-state index in [4.69, 9.17) is 20.8 Å². The van der Waals surface area contributed by atoms with E-state index in [-0.39, 0.29) is 23.5 Å². The molecule has 0 unspecified atom stereocenters. The van der Waals surface area contributed by atoms with E-state index in [0.29, 0.717) is 58.9 Å². The molecule has 4 heterocycles. The Morgan fingerprint density at radius 1 is 1.02 bits per heavy atom. The van der Waals surface area contributed by atoms with Crippen LogP contribution in [0.3, 0.4) is 0 Å². The fourth-order valence-electron chi connectivity index (χ4n) is 6.89. The summed E-state index contributed by atoms with van der Waals surface area (Å²) in [5.41, 5.74) is 4.98.